The zero-order chi connectivity index (χ0) is 57.1. The molecule has 0 saturated heterocycles. The van der Waals surface area contributed by atoms with Crippen molar-refractivity contribution in [2.45, 2.75) is 297 Å². The normalized spacial score (nSPS) is 13.0. The average molecular weight is 1090 g/mol. The minimum Gasteiger partial charge on any atom is -0.462 e. The molecule has 0 saturated carbocycles. The van der Waals surface area contributed by atoms with E-state index in [2.05, 4.69) is 154 Å². The summed E-state index contributed by atoms with van der Waals surface area (Å²) in [6.07, 6.45) is 93.2. The number of carbonyl (C=O) groups excluding carboxylic acids is 3. The SMILES string of the molecule is CC/C=C\C/C=C\C/C=C\C/C=C\C/C=C\C/C=C\C/C=C\C/C=C\C/C=C\CCCCCCCC(=O)OCC(COC(=O)CCCCCCC/C=C\CCCCC)OC(=O)CCCCCCC/C=C\CCCCCCCCC. The van der Waals surface area contributed by atoms with Crippen molar-refractivity contribution in [1.29, 1.82) is 0 Å². The van der Waals surface area contributed by atoms with Crippen LogP contribution < -0.4 is 0 Å². The lowest BCUT2D eigenvalue weighted by atomic mass is 10.1. The highest BCUT2D eigenvalue weighted by atomic mass is 16.6. The molecule has 0 N–H and O–H groups in total. The van der Waals surface area contributed by atoms with Crippen LogP contribution in [0.2, 0.25) is 0 Å². The van der Waals surface area contributed by atoms with E-state index in [4.69, 9.17) is 14.2 Å². The maximum atomic E-state index is 12.9. The van der Waals surface area contributed by atoms with Crippen LogP contribution in [0.1, 0.15) is 290 Å². The molecule has 1 unspecified atom stereocenters. The van der Waals surface area contributed by atoms with Gasteiger partial charge in [0.15, 0.2) is 6.10 Å². The second-order valence-corrected chi connectivity index (χ2v) is 21.3. The molecule has 0 radical (unpaired) electrons. The summed E-state index contributed by atoms with van der Waals surface area (Å²) < 4.78 is 16.9. The topological polar surface area (TPSA) is 78.9 Å². The van der Waals surface area contributed by atoms with Crippen LogP contribution in [0.3, 0.4) is 0 Å². The number of hydrogen-bond donors (Lipinski definition) is 0. The van der Waals surface area contributed by atoms with Crippen LogP contribution in [-0.4, -0.2) is 37.2 Å². The van der Waals surface area contributed by atoms with Crippen molar-refractivity contribution in [1.82, 2.24) is 0 Å². The van der Waals surface area contributed by atoms with E-state index in [1.807, 2.05) is 0 Å². The molecule has 6 heteroatoms. The van der Waals surface area contributed by atoms with Gasteiger partial charge in [-0.1, -0.05) is 264 Å². The van der Waals surface area contributed by atoms with Crippen molar-refractivity contribution < 1.29 is 28.6 Å². The Balaban J connectivity index is 4.32. The molecule has 1 atom stereocenters. The van der Waals surface area contributed by atoms with Crippen LogP contribution in [0.15, 0.2) is 134 Å². The molecule has 0 aromatic rings. The molecule has 0 heterocycles. The summed E-state index contributed by atoms with van der Waals surface area (Å²) in [5.41, 5.74) is 0. The van der Waals surface area contributed by atoms with Crippen molar-refractivity contribution in [3.05, 3.63) is 134 Å². The predicted molar refractivity (Wildman–Crippen MR) is 343 cm³/mol. The van der Waals surface area contributed by atoms with Gasteiger partial charge in [0.1, 0.15) is 13.2 Å². The van der Waals surface area contributed by atoms with Crippen LogP contribution in [-0.2, 0) is 28.6 Å². The summed E-state index contributed by atoms with van der Waals surface area (Å²) in [5, 5.41) is 0. The molecule has 0 rings (SSSR count). The van der Waals surface area contributed by atoms with Crippen LogP contribution >= 0.6 is 0 Å². The third kappa shape index (κ3) is 64.3. The third-order valence-electron chi connectivity index (χ3n) is 13.6. The summed E-state index contributed by atoms with van der Waals surface area (Å²) in [6.45, 7) is 6.47. The van der Waals surface area contributed by atoms with Gasteiger partial charge in [-0.2, -0.15) is 0 Å². The lowest BCUT2D eigenvalue weighted by Gasteiger charge is -2.18. The van der Waals surface area contributed by atoms with E-state index in [0.29, 0.717) is 19.3 Å². The van der Waals surface area contributed by atoms with Gasteiger partial charge in [-0.3, -0.25) is 14.4 Å². The Bertz CT molecular complexity index is 1680. The molecule has 0 aliphatic rings. The largest absolute Gasteiger partial charge is 0.462 e. The van der Waals surface area contributed by atoms with Gasteiger partial charge in [-0.25, -0.2) is 0 Å². The highest BCUT2D eigenvalue weighted by Crippen LogP contribution is 2.14. The van der Waals surface area contributed by atoms with Crippen molar-refractivity contribution in [2.75, 3.05) is 13.2 Å². The number of rotatable bonds is 58. The van der Waals surface area contributed by atoms with Gasteiger partial charge in [-0.15, -0.1) is 0 Å². The van der Waals surface area contributed by atoms with Gasteiger partial charge in [0.2, 0.25) is 0 Å². The quantitative estimate of drug-likeness (QED) is 0.0261. The van der Waals surface area contributed by atoms with Crippen LogP contribution in [0.4, 0.5) is 0 Å². The highest BCUT2D eigenvalue weighted by molar-refractivity contribution is 5.71. The molecule has 0 amide bonds. The molecule has 79 heavy (non-hydrogen) atoms. The van der Waals surface area contributed by atoms with E-state index >= 15 is 0 Å². The Morgan fingerprint density at radius 2 is 0.494 bits per heavy atom. The van der Waals surface area contributed by atoms with E-state index < -0.39 is 6.10 Å². The third-order valence-corrected chi connectivity index (χ3v) is 13.6. The van der Waals surface area contributed by atoms with Gasteiger partial charge >= 0.3 is 17.9 Å². The molecular weight excluding hydrogens is 973 g/mol. The molecule has 0 fully saturated rings. The first-order valence-corrected chi connectivity index (χ1v) is 32.7. The fourth-order valence-corrected chi connectivity index (χ4v) is 8.72. The molecule has 0 aliphatic heterocycles. The Kier molecular flexibility index (Phi) is 62.3. The van der Waals surface area contributed by atoms with E-state index in [0.717, 1.165) is 161 Å². The minimum atomic E-state index is -0.798. The van der Waals surface area contributed by atoms with Crippen molar-refractivity contribution in [3.63, 3.8) is 0 Å². The summed E-state index contributed by atoms with van der Waals surface area (Å²) in [7, 11) is 0. The average Bonchev–Trinajstić information content (AvgIpc) is 3.45. The molecule has 0 aromatic heterocycles. The van der Waals surface area contributed by atoms with Gasteiger partial charge in [0.05, 0.1) is 0 Å². The fraction of sp³-hybridized carbons (Fsp3) is 0.658. The highest BCUT2D eigenvalue weighted by Gasteiger charge is 2.19. The maximum Gasteiger partial charge on any atom is 0.306 e. The Morgan fingerprint density at radius 3 is 0.810 bits per heavy atom. The van der Waals surface area contributed by atoms with Crippen LogP contribution in [0, 0.1) is 0 Å². The standard InChI is InChI=1S/C73H120O6/c1-4-7-10-13-16-19-22-25-27-29-30-31-32-33-34-35-36-37-38-39-40-41-42-43-44-45-47-48-51-54-57-60-63-66-72(75)78-69-70(68-77-71(74)65-62-59-56-53-50-24-21-18-15-12-9-6-3)79-73(76)67-64-61-58-55-52-49-46-28-26-23-20-17-14-11-8-5-2/h7,10,16,18-19,21,25,27-28,30-31,33-34,36-37,39-40,42-43,45-47,70H,4-6,8-9,11-15,17,20,22-24,26,29,32,35,38,41,44,48-69H2,1-3H3/b10-7-,19-16-,21-18-,27-25-,31-30-,34-33-,37-36-,40-39-,43-42-,46-28-,47-45-. The second kappa shape index (κ2) is 66.1. The van der Waals surface area contributed by atoms with E-state index in [1.54, 1.807) is 0 Å². The Hall–Kier alpha value is -4.45. The fourth-order valence-electron chi connectivity index (χ4n) is 8.72. The summed E-state index contributed by atoms with van der Waals surface area (Å²) in [4.78, 5) is 38.2. The number of unbranched alkanes of at least 4 members (excludes halogenated alkanes) is 25. The second-order valence-electron chi connectivity index (χ2n) is 21.3. The number of ether oxygens (including phenoxy) is 3. The lowest BCUT2D eigenvalue weighted by molar-refractivity contribution is -0.167. The van der Waals surface area contributed by atoms with Gasteiger partial charge in [0, 0.05) is 19.3 Å². The Morgan fingerprint density at radius 1 is 0.266 bits per heavy atom. The van der Waals surface area contributed by atoms with Crippen molar-refractivity contribution in [3.8, 4) is 0 Å². The van der Waals surface area contributed by atoms with E-state index in [-0.39, 0.29) is 31.1 Å². The maximum absolute atomic E-state index is 12.9. The molecule has 0 aliphatic carbocycles. The van der Waals surface area contributed by atoms with Gasteiger partial charge in [-0.05, 0) is 141 Å². The van der Waals surface area contributed by atoms with Gasteiger partial charge in [0.25, 0.3) is 0 Å². The minimum absolute atomic E-state index is 0.0939. The van der Waals surface area contributed by atoms with Crippen LogP contribution in [0.25, 0.3) is 0 Å². The zero-order valence-corrected chi connectivity index (χ0v) is 51.3. The first-order chi connectivity index (χ1) is 39.0. The smallest absolute Gasteiger partial charge is 0.306 e. The Labute approximate surface area is 487 Å². The molecule has 6 nitrogen and oxygen atoms in total. The lowest BCUT2D eigenvalue weighted by Crippen LogP contribution is -2.30. The van der Waals surface area contributed by atoms with Crippen molar-refractivity contribution in [2.24, 2.45) is 0 Å². The predicted octanol–water partition coefficient (Wildman–Crippen LogP) is 22.5. The van der Waals surface area contributed by atoms with E-state index in [9.17, 15) is 14.4 Å². The first kappa shape index (κ1) is 74.5. The van der Waals surface area contributed by atoms with Gasteiger partial charge < -0.3 is 14.2 Å². The van der Waals surface area contributed by atoms with E-state index in [1.165, 1.54) is 89.9 Å². The molecular formula is C73H120O6. The monoisotopic (exact) mass is 1090 g/mol. The molecule has 0 aromatic carbocycles. The number of esters is 3. The number of allylic oxidation sites excluding steroid dienone is 22. The summed E-state index contributed by atoms with van der Waals surface area (Å²) >= 11 is 0. The molecule has 0 spiro atoms. The van der Waals surface area contributed by atoms with Crippen molar-refractivity contribution >= 4 is 17.9 Å². The molecule has 448 valence electrons. The summed E-state index contributed by atoms with van der Waals surface area (Å²) in [6, 6.07) is 0. The number of hydrogen-bond acceptors (Lipinski definition) is 6. The zero-order valence-electron chi connectivity index (χ0n) is 51.3. The first-order valence-electron chi connectivity index (χ1n) is 32.7. The summed E-state index contributed by atoms with van der Waals surface area (Å²) in [5.74, 6) is -0.929. The molecule has 0 bridgehead atoms. The number of carbonyl (C=O) groups is 3. The van der Waals surface area contributed by atoms with Crippen LogP contribution in [0.5, 0.6) is 0 Å².